The monoisotopic (exact) mass is 521 g/mol. The first-order valence-corrected chi connectivity index (χ1v) is 14.2. The molecular formula is C31H43N3O4. The summed E-state index contributed by atoms with van der Waals surface area (Å²) in [5.41, 5.74) is 3.33. The van der Waals surface area contributed by atoms with Crippen LogP contribution in [0.5, 0.6) is 5.75 Å². The minimum atomic E-state index is 0.0460. The molecule has 0 aliphatic carbocycles. The largest absolute Gasteiger partial charge is 0.494 e. The van der Waals surface area contributed by atoms with Crippen molar-refractivity contribution >= 4 is 17.5 Å². The van der Waals surface area contributed by atoms with E-state index < -0.39 is 0 Å². The Hall–Kier alpha value is -2.90. The fourth-order valence-electron chi connectivity index (χ4n) is 5.88. The molecule has 2 unspecified atom stereocenters. The van der Waals surface area contributed by atoms with Crippen molar-refractivity contribution in [2.45, 2.75) is 77.5 Å². The van der Waals surface area contributed by atoms with Crippen LogP contribution in [0.4, 0.5) is 5.69 Å². The smallest absolute Gasteiger partial charge is 0.249 e. The van der Waals surface area contributed by atoms with Gasteiger partial charge in [0.05, 0.1) is 6.61 Å². The summed E-state index contributed by atoms with van der Waals surface area (Å²) in [7, 11) is 1.58. The van der Waals surface area contributed by atoms with Gasteiger partial charge >= 0.3 is 0 Å². The van der Waals surface area contributed by atoms with E-state index in [2.05, 4.69) is 47.1 Å². The van der Waals surface area contributed by atoms with E-state index in [1.54, 1.807) is 7.11 Å². The highest BCUT2D eigenvalue weighted by Gasteiger charge is 2.36. The van der Waals surface area contributed by atoms with E-state index in [4.69, 9.17) is 9.47 Å². The van der Waals surface area contributed by atoms with Gasteiger partial charge in [-0.05, 0) is 61.4 Å². The van der Waals surface area contributed by atoms with E-state index in [-0.39, 0.29) is 30.5 Å². The van der Waals surface area contributed by atoms with E-state index in [9.17, 15) is 9.59 Å². The number of methoxy groups -OCH3 is 1. The maximum absolute atomic E-state index is 13.3. The third-order valence-electron chi connectivity index (χ3n) is 7.65. The van der Waals surface area contributed by atoms with Crippen molar-refractivity contribution in [3.05, 3.63) is 59.7 Å². The summed E-state index contributed by atoms with van der Waals surface area (Å²) < 4.78 is 11.1. The number of hydrogen-bond donors (Lipinski definition) is 0. The first kappa shape index (κ1) is 28.1. The van der Waals surface area contributed by atoms with Gasteiger partial charge in [0, 0.05) is 57.5 Å². The zero-order chi connectivity index (χ0) is 26.9. The average molecular weight is 522 g/mol. The summed E-state index contributed by atoms with van der Waals surface area (Å²) >= 11 is 0. The quantitative estimate of drug-likeness (QED) is 0.488. The minimum absolute atomic E-state index is 0.0460. The zero-order valence-corrected chi connectivity index (χ0v) is 23.2. The Balaban J connectivity index is 1.69. The second kappa shape index (κ2) is 13.8. The van der Waals surface area contributed by atoms with Gasteiger partial charge in [-0.1, -0.05) is 44.2 Å². The molecule has 0 N–H and O–H groups in total. The number of rotatable bonds is 8. The predicted octanol–water partition coefficient (Wildman–Crippen LogP) is 5.02. The molecule has 4 rings (SSSR count). The van der Waals surface area contributed by atoms with E-state index >= 15 is 0 Å². The van der Waals surface area contributed by atoms with Crippen molar-refractivity contribution in [2.24, 2.45) is 0 Å². The molecule has 206 valence electrons. The number of ether oxygens (including phenoxy) is 2. The Labute approximate surface area is 227 Å². The van der Waals surface area contributed by atoms with Crippen LogP contribution < -0.4 is 9.64 Å². The Morgan fingerprint density at radius 3 is 2.45 bits per heavy atom. The molecule has 0 radical (unpaired) electrons. The fraction of sp³-hybridized carbons (Fsp3) is 0.548. The van der Waals surface area contributed by atoms with Crippen molar-refractivity contribution in [3.8, 4) is 5.75 Å². The number of amides is 2. The van der Waals surface area contributed by atoms with Crippen LogP contribution in [0.3, 0.4) is 0 Å². The van der Waals surface area contributed by atoms with Gasteiger partial charge in [-0.3, -0.25) is 14.5 Å². The Morgan fingerprint density at radius 2 is 1.71 bits per heavy atom. The fourth-order valence-corrected chi connectivity index (χ4v) is 5.88. The second-order valence-corrected chi connectivity index (χ2v) is 10.5. The Bertz CT molecular complexity index is 1060. The molecule has 2 aromatic rings. The number of fused-ring (bicyclic) bond motifs is 3. The van der Waals surface area contributed by atoms with Crippen molar-refractivity contribution in [1.29, 1.82) is 0 Å². The van der Waals surface area contributed by atoms with Gasteiger partial charge in [-0.2, -0.15) is 0 Å². The van der Waals surface area contributed by atoms with Crippen molar-refractivity contribution in [1.82, 2.24) is 9.80 Å². The first-order chi connectivity index (χ1) is 18.5. The van der Waals surface area contributed by atoms with Gasteiger partial charge in [0.25, 0.3) is 0 Å². The number of nitrogens with zero attached hydrogens (tertiary/aromatic N) is 3. The molecule has 1 saturated heterocycles. The lowest BCUT2D eigenvalue weighted by Crippen LogP contribution is -2.55. The molecule has 2 bridgehead atoms. The topological polar surface area (TPSA) is 62.3 Å². The number of para-hydroxylation sites is 1. The van der Waals surface area contributed by atoms with Crippen LogP contribution in [0.15, 0.2) is 48.5 Å². The van der Waals surface area contributed by atoms with E-state index in [1.807, 2.05) is 30.0 Å². The van der Waals surface area contributed by atoms with Gasteiger partial charge in [0.15, 0.2) is 0 Å². The molecular weight excluding hydrogens is 478 g/mol. The van der Waals surface area contributed by atoms with Crippen molar-refractivity contribution in [3.63, 3.8) is 0 Å². The molecule has 0 aromatic heterocycles. The van der Waals surface area contributed by atoms with Crippen LogP contribution >= 0.6 is 0 Å². The molecule has 7 heteroatoms. The number of hydrogen-bond acceptors (Lipinski definition) is 5. The maximum atomic E-state index is 13.3. The van der Waals surface area contributed by atoms with Gasteiger partial charge in [0.2, 0.25) is 11.8 Å². The van der Waals surface area contributed by atoms with Gasteiger partial charge in [0.1, 0.15) is 12.4 Å². The molecule has 38 heavy (non-hydrogen) atoms. The van der Waals surface area contributed by atoms with Crippen LogP contribution in [0.2, 0.25) is 0 Å². The number of benzene rings is 2. The predicted molar refractivity (Wildman–Crippen MR) is 150 cm³/mol. The van der Waals surface area contributed by atoms with E-state index in [0.717, 1.165) is 62.2 Å². The SMILES string of the molecule is CCCOc1ccc(CN2Cc3ccccc3N(C(=O)CC)CCC3CCCC(C2)N3C(=O)COC)cc1. The van der Waals surface area contributed by atoms with E-state index in [1.165, 1.54) is 5.56 Å². The van der Waals surface area contributed by atoms with Crippen molar-refractivity contribution < 1.29 is 19.1 Å². The normalized spacial score (nSPS) is 20.4. The lowest BCUT2D eigenvalue weighted by molar-refractivity contribution is -0.143. The molecule has 2 amide bonds. The zero-order valence-electron chi connectivity index (χ0n) is 23.2. The number of anilines is 1. The summed E-state index contributed by atoms with van der Waals surface area (Å²) in [6, 6.07) is 16.8. The average Bonchev–Trinajstić information content (AvgIpc) is 2.94. The number of carbonyl (C=O) groups is 2. The summed E-state index contributed by atoms with van der Waals surface area (Å²) in [5.74, 6) is 1.05. The van der Waals surface area contributed by atoms with Crippen LogP contribution in [0.1, 0.15) is 63.5 Å². The highest BCUT2D eigenvalue weighted by molar-refractivity contribution is 5.94. The summed E-state index contributed by atoms with van der Waals surface area (Å²) in [6.45, 7) is 7.65. The molecule has 2 aliphatic heterocycles. The molecule has 2 heterocycles. The van der Waals surface area contributed by atoms with Gasteiger partial charge in [-0.25, -0.2) is 0 Å². The van der Waals surface area contributed by atoms with Gasteiger partial charge < -0.3 is 19.3 Å². The maximum Gasteiger partial charge on any atom is 0.249 e. The van der Waals surface area contributed by atoms with Crippen LogP contribution in [-0.2, 0) is 27.4 Å². The van der Waals surface area contributed by atoms with Crippen LogP contribution in [0, 0.1) is 0 Å². The molecule has 0 saturated carbocycles. The molecule has 0 spiro atoms. The molecule has 1 fully saturated rings. The van der Waals surface area contributed by atoms with Crippen LogP contribution in [-0.4, -0.2) is 67.1 Å². The molecule has 7 nitrogen and oxygen atoms in total. The number of carbonyl (C=O) groups excluding carboxylic acids is 2. The van der Waals surface area contributed by atoms with E-state index in [0.29, 0.717) is 26.1 Å². The Morgan fingerprint density at radius 1 is 0.947 bits per heavy atom. The molecule has 2 aromatic carbocycles. The molecule has 2 aliphatic rings. The standard InChI is InChI=1S/C31H43N3O4/c1-4-19-38-28-15-13-24(14-16-28)20-32-21-25-9-6-7-12-29(25)33(30(35)5-2)18-17-26-10-8-11-27(22-32)34(26)31(36)23-37-3/h6-7,9,12-16,26-27H,4-5,8,10-11,17-23H2,1-3H3. The Kier molecular flexibility index (Phi) is 10.2. The first-order valence-electron chi connectivity index (χ1n) is 14.2. The number of piperidine rings is 1. The van der Waals surface area contributed by atoms with Gasteiger partial charge in [-0.15, -0.1) is 0 Å². The molecule has 2 atom stereocenters. The van der Waals surface area contributed by atoms with Crippen molar-refractivity contribution in [2.75, 3.05) is 38.3 Å². The highest BCUT2D eigenvalue weighted by atomic mass is 16.5. The summed E-state index contributed by atoms with van der Waals surface area (Å²) in [5, 5.41) is 0. The second-order valence-electron chi connectivity index (χ2n) is 10.5. The van der Waals surface area contributed by atoms with Crippen LogP contribution in [0.25, 0.3) is 0 Å². The minimum Gasteiger partial charge on any atom is -0.494 e. The third kappa shape index (κ3) is 6.94. The summed E-state index contributed by atoms with van der Waals surface area (Å²) in [4.78, 5) is 32.9. The summed E-state index contributed by atoms with van der Waals surface area (Å²) in [6.07, 6.45) is 5.22. The lowest BCUT2D eigenvalue weighted by Gasteiger charge is -2.44. The third-order valence-corrected chi connectivity index (χ3v) is 7.65. The highest BCUT2D eigenvalue weighted by Crippen LogP contribution is 2.31. The lowest BCUT2D eigenvalue weighted by atomic mass is 9.92.